The van der Waals surface area contributed by atoms with Gasteiger partial charge in [-0.25, -0.2) is 0 Å². The van der Waals surface area contributed by atoms with E-state index in [1.54, 1.807) is 0 Å². The predicted octanol–water partition coefficient (Wildman–Crippen LogP) is 3.53. The molecule has 1 aromatic heterocycles. The lowest BCUT2D eigenvalue weighted by Crippen LogP contribution is -2.35. The van der Waals surface area contributed by atoms with Crippen LogP contribution in [0.5, 0.6) is 0 Å². The van der Waals surface area contributed by atoms with Crippen molar-refractivity contribution in [1.29, 1.82) is 0 Å². The van der Waals surface area contributed by atoms with Gasteiger partial charge in [0.2, 0.25) is 0 Å². The summed E-state index contributed by atoms with van der Waals surface area (Å²) in [4.78, 5) is 6.73. The molecule has 1 aliphatic rings. The van der Waals surface area contributed by atoms with Gasteiger partial charge in [0.05, 0.1) is 0 Å². The first-order chi connectivity index (χ1) is 7.83. The van der Waals surface area contributed by atoms with E-state index in [1.165, 1.54) is 36.9 Å². The molecule has 1 aromatic rings. The van der Waals surface area contributed by atoms with Crippen LogP contribution >= 0.6 is 15.9 Å². The maximum Gasteiger partial charge on any atom is 0.0429 e. The van der Waals surface area contributed by atoms with Crippen LogP contribution < -0.4 is 4.90 Å². The first kappa shape index (κ1) is 11.9. The SMILES string of the molecule is Cc1cnccc1N(CCBr)C1CCCC1. The molecule has 0 bridgehead atoms. The molecule has 0 aromatic carbocycles. The molecule has 3 heteroatoms. The Hall–Kier alpha value is -0.570. The second kappa shape index (κ2) is 5.67. The fourth-order valence-electron chi connectivity index (χ4n) is 2.60. The van der Waals surface area contributed by atoms with Gasteiger partial charge in [-0.1, -0.05) is 28.8 Å². The molecule has 0 aliphatic heterocycles. The van der Waals surface area contributed by atoms with Gasteiger partial charge in [0.15, 0.2) is 0 Å². The summed E-state index contributed by atoms with van der Waals surface area (Å²) in [6, 6.07) is 2.88. The van der Waals surface area contributed by atoms with Crippen molar-refractivity contribution in [1.82, 2.24) is 4.98 Å². The van der Waals surface area contributed by atoms with Crippen LogP contribution in [-0.2, 0) is 0 Å². The Balaban J connectivity index is 2.21. The molecular weight excluding hydrogens is 264 g/mol. The van der Waals surface area contributed by atoms with Crippen molar-refractivity contribution in [2.24, 2.45) is 0 Å². The van der Waals surface area contributed by atoms with Crippen molar-refractivity contribution >= 4 is 21.6 Å². The summed E-state index contributed by atoms with van der Waals surface area (Å²) < 4.78 is 0. The zero-order chi connectivity index (χ0) is 11.4. The van der Waals surface area contributed by atoms with Crippen LogP contribution in [0.4, 0.5) is 5.69 Å². The Morgan fingerprint density at radius 1 is 1.44 bits per heavy atom. The first-order valence-corrected chi connectivity index (χ1v) is 7.18. The monoisotopic (exact) mass is 282 g/mol. The highest BCUT2D eigenvalue weighted by Gasteiger charge is 2.23. The Kier molecular flexibility index (Phi) is 4.22. The van der Waals surface area contributed by atoms with E-state index in [2.05, 4.69) is 38.8 Å². The fourth-order valence-corrected chi connectivity index (χ4v) is 2.98. The smallest absolute Gasteiger partial charge is 0.0429 e. The van der Waals surface area contributed by atoms with E-state index in [0.29, 0.717) is 0 Å². The number of hydrogen-bond acceptors (Lipinski definition) is 2. The van der Waals surface area contributed by atoms with Gasteiger partial charge in [-0.3, -0.25) is 4.98 Å². The molecule has 0 N–H and O–H groups in total. The molecule has 0 saturated heterocycles. The van der Waals surface area contributed by atoms with Crippen LogP contribution in [0.15, 0.2) is 18.5 Å². The number of alkyl halides is 1. The van der Waals surface area contributed by atoms with E-state index in [0.717, 1.165) is 17.9 Å². The van der Waals surface area contributed by atoms with Gasteiger partial charge < -0.3 is 4.90 Å². The Bertz CT molecular complexity index is 334. The van der Waals surface area contributed by atoms with Gasteiger partial charge in [-0.15, -0.1) is 0 Å². The molecule has 2 rings (SSSR count). The number of nitrogens with zero attached hydrogens (tertiary/aromatic N) is 2. The highest BCUT2D eigenvalue weighted by molar-refractivity contribution is 9.09. The highest BCUT2D eigenvalue weighted by Crippen LogP contribution is 2.29. The maximum atomic E-state index is 4.18. The zero-order valence-electron chi connectivity index (χ0n) is 9.82. The number of aryl methyl sites for hydroxylation is 1. The Labute approximate surface area is 106 Å². The third-order valence-electron chi connectivity index (χ3n) is 3.39. The molecule has 1 fully saturated rings. The quantitative estimate of drug-likeness (QED) is 0.786. The topological polar surface area (TPSA) is 16.1 Å². The van der Waals surface area contributed by atoms with Crippen molar-refractivity contribution in [2.45, 2.75) is 38.6 Å². The predicted molar refractivity (Wildman–Crippen MR) is 72.4 cm³/mol. The molecule has 0 radical (unpaired) electrons. The molecule has 0 atom stereocenters. The lowest BCUT2D eigenvalue weighted by Gasteiger charge is -2.31. The molecule has 0 unspecified atom stereocenters. The van der Waals surface area contributed by atoms with Crippen LogP contribution in [0.3, 0.4) is 0 Å². The van der Waals surface area contributed by atoms with Crippen LogP contribution in [0, 0.1) is 6.92 Å². The lowest BCUT2D eigenvalue weighted by atomic mass is 10.1. The lowest BCUT2D eigenvalue weighted by molar-refractivity contribution is 0.621. The summed E-state index contributed by atoms with van der Waals surface area (Å²) in [6.07, 6.45) is 9.31. The van der Waals surface area contributed by atoms with Gasteiger partial charge in [-0.05, 0) is 31.4 Å². The minimum absolute atomic E-state index is 0.735. The van der Waals surface area contributed by atoms with Gasteiger partial charge >= 0.3 is 0 Å². The average molecular weight is 283 g/mol. The minimum Gasteiger partial charge on any atom is -0.367 e. The summed E-state index contributed by atoms with van der Waals surface area (Å²) in [5.41, 5.74) is 2.65. The number of halogens is 1. The molecule has 1 aliphatic carbocycles. The second-order valence-electron chi connectivity index (χ2n) is 4.48. The third-order valence-corrected chi connectivity index (χ3v) is 3.75. The maximum absolute atomic E-state index is 4.18. The molecule has 0 amide bonds. The summed E-state index contributed by atoms with van der Waals surface area (Å²) >= 11 is 3.56. The van der Waals surface area contributed by atoms with E-state index >= 15 is 0 Å². The van der Waals surface area contributed by atoms with E-state index in [-0.39, 0.29) is 0 Å². The van der Waals surface area contributed by atoms with Gasteiger partial charge in [0.1, 0.15) is 0 Å². The van der Waals surface area contributed by atoms with Crippen molar-refractivity contribution in [3.63, 3.8) is 0 Å². The largest absolute Gasteiger partial charge is 0.367 e. The number of anilines is 1. The Morgan fingerprint density at radius 2 is 2.19 bits per heavy atom. The molecule has 88 valence electrons. The highest BCUT2D eigenvalue weighted by atomic mass is 79.9. The number of pyridine rings is 1. The summed E-state index contributed by atoms with van der Waals surface area (Å²) in [5.74, 6) is 0. The summed E-state index contributed by atoms with van der Waals surface area (Å²) in [7, 11) is 0. The van der Waals surface area contributed by atoms with Crippen molar-refractivity contribution in [3.8, 4) is 0 Å². The zero-order valence-corrected chi connectivity index (χ0v) is 11.4. The summed E-state index contributed by atoms with van der Waals surface area (Å²) in [5, 5.41) is 1.03. The number of rotatable bonds is 4. The molecule has 1 heterocycles. The van der Waals surface area contributed by atoms with Gasteiger partial charge in [0, 0.05) is 36.0 Å². The Morgan fingerprint density at radius 3 is 2.81 bits per heavy atom. The molecule has 2 nitrogen and oxygen atoms in total. The van der Waals surface area contributed by atoms with Crippen LogP contribution in [0.25, 0.3) is 0 Å². The van der Waals surface area contributed by atoms with Crippen LogP contribution in [0.2, 0.25) is 0 Å². The minimum atomic E-state index is 0.735. The standard InChI is InChI=1S/C13H19BrN2/c1-11-10-15-8-6-13(11)16(9-7-14)12-4-2-3-5-12/h6,8,10,12H,2-5,7,9H2,1H3. The average Bonchev–Trinajstić information content (AvgIpc) is 2.80. The molecule has 0 spiro atoms. The summed E-state index contributed by atoms with van der Waals surface area (Å²) in [6.45, 7) is 3.24. The fraction of sp³-hybridized carbons (Fsp3) is 0.615. The molecular formula is C13H19BrN2. The second-order valence-corrected chi connectivity index (χ2v) is 5.28. The van der Waals surface area contributed by atoms with Crippen LogP contribution in [0.1, 0.15) is 31.2 Å². The molecule has 1 saturated carbocycles. The van der Waals surface area contributed by atoms with Gasteiger partial charge in [-0.2, -0.15) is 0 Å². The van der Waals surface area contributed by atoms with Crippen molar-refractivity contribution < 1.29 is 0 Å². The van der Waals surface area contributed by atoms with Gasteiger partial charge in [0.25, 0.3) is 0 Å². The molecule has 16 heavy (non-hydrogen) atoms. The van der Waals surface area contributed by atoms with Crippen molar-refractivity contribution in [2.75, 3.05) is 16.8 Å². The number of aromatic nitrogens is 1. The van der Waals surface area contributed by atoms with E-state index in [4.69, 9.17) is 0 Å². The number of hydrogen-bond donors (Lipinski definition) is 0. The van der Waals surface area contributed by atoms with E-state index in [1.807, 2.05) is 12.4 Å². The van der Waals surface area contributed by atoms with E-state index < -0.39 is 0 Å². The normalized spacial score (nSPS) is 16.6. The first-order valence-electron chi connectivity index (χ1n) is 6.06. The van der Waals surface area contributed by atoms with Crippen molar-refractivity contribution in [3.05, 3.63) is 24.0 Å². The van der Waals surface area contributed by atoms with Crippen LogP contribution in [-0.4, -0.2) is 22.9 Å². The van der Waals surface area contributed by atoms with E-state index in [9.17, 15) is 0 Å². The third kappa shape index (κ3) is 2.57.